The summed E-state index contributed by atoms with van der Waals surface area (Å²) in [5.74, 6) is 7.31. The molecule has 6 nitrogen and oxygen atoms in total. The molecule has 27 heavy (non-hydrogen) atoms. The van der Waals surface area contributed by atoms with Gasteiger partial charge in [0, 0.05) is 11.8 Å². The Bertz CT molecular complexity index is 934. The number of rotatable bonds is 6. The summed E-state index contributed by atoms with van der Waals surface area (Å²) in [6.07, 6.45) is 1.93. The maximum absolute atomic E-state index is 5.71. The molecule has 0 aliphatic carbocycles. The minimum Gasteiger partial charge on any atom is -0.493 e. The summed E-state index contributed by atoms with van der Waals surface area (Å²) in [6.45, 7) is 2.07. The second kappa shape index (κ2) is 7.86. The van der Waals surface area contributed by atoms with Gasteiger partial charge in [-0.3, -0.25) is 0 Å². The number of aromatic nitrogens is 1. The number of ether oxygens (including phenoxy) is 3. The van der Waals surface area contributed by atoms with E-state index in [1.54, 1.807) is 21.3 Å². The molecule has 1 heterocycles. The van der Waals surface area contributed by atoms with Crippen LogP contribution in [0.2, 0.25) is 0 Å². The highest BCUT2D eigenvalue weighted by molar-refractivity contribution is 6.12. The van der Waals surface area contributed by atoms with Gasteiger partial charge in [-0.15, -0.1) is 0 Å². The summed E-state index contributed by atoms with van der Waals surface area (Å²) in [6, 6.07) is 14.0. The fourth-order valence-electron chi connectivity index (χ4n) is 2.96. The van der Waals surface area contributed by atoms with Gasteiger partial charge in [-0.1, -0.05) is 29.8 Å². The molecule has 0 radical (unpaired) electrons. The number of nitrogens with two attached hydrogens (primary N) is 1. The van der Waals surface area contributed by atoms with Gasteiger partial charge in [0.25, 0.3) is 0 Å². The predicted octanol–water partition coefficient (Wildman–Crippen LogP) is 3.73. The van der Waals surface area contributed by atoms with Crippen molar-refractivity contribution < 1.29 is 14.2 Å². The van der Waals surface area contributed by atoms with Gasteiger partial charge in [-0.2, -0.15) is 5.10 Å². The molecule has 3 aromatic rings. The Morgan fingerprint density at radius 2 is 1.52 bits per heavy atom. The largest absolute Gasteiger partial charge is 0.493 e. The highest BCUT2D eigenvalue weighted by Crippen LogP contribution is 2.38. The fraction of sp³-hybridized carbons (Fsp3) is 0.190. The molecule has 0 aliphatic rings. The van der Waals surface area contributed by atoms with Gasteiger partial charge in [0.1, 0.15) is 5.71 Å². The van der Waals surface area contributed by atoms with Crippen molar-refractivity contribution in [3.63, 3.8) is 0 Å². The van der Waals surface area contributed by atoms with E-state index in [0.29, 0.717) is 23.0 Å². The van der Waals surface area contributed by atoms with Gasteiger partial charge in [-0.25, -0.2) is 0 Å². The standard InChI is InChI=1S/C21H23N3O3/c1-13-5-7-14(8-6-13)16-9-17(23-12-16)20(24-22)15-10-18(25-2)21(27-4)19(11-15)26-3/h5-12,23H,22H2,1-4H3. The summed E-state index contributed by atoms with van der Waals surface area (Å²) < 4.78 is 16.2. The van der Waals surface area contributed by atoms with E-state index in [-0.39, 0.29) is 0 Å². The van der Waals surface area contributed by atoms with Crippen LogP contribution < -0.4 is 20.1 Å². The lowest BCUT2D eigenvalue weighted by atomic mass is 10.0. The zero-order valence-corrected chi connectivity index (χ0v) is 15.9. The number of hydrazone groups is 1. The molecular formula is C21H23N3O3. The van der Waals surface area contributed by atoms with Crippen molar-refractivity contribution >= 4 is 5.71 Å². The number of hydrogen-bond donors (Lipinski definition) is 2. The number of H-pyrrole nitrogens is 1. The Morgan fingerprint density at radius 3 is 2.04 bits per heavy atom. The molecule has 0 spiro atoms. The molecule has 0 atom stereocenters. The summed E-state index contributed by atoms with van der Waals surface area (Å²) in [4.78, 5) is 3.25. The Labute approximate surface area is 158 Å². The highest BCUT2D eigenvalue weighted by atomic mass is 16.5. The number of benzene rings is 2. The lowest BCUT2D eigenvalue weighted by molar-refractivity contribution is 0.324. The second-order valence-electron chi connectivity index (χ2n) is 6.06. The zero-order chi connectivity index (χ0) is 19.4. The Hall–Kier alpha value is -3.41. The lowest BCUT2D eigenvalue weighted by Crippen LogP contribution is -2.08. The first-order valence-electron chi connectivity index (χ1n) is 8.45. The van der Waals surface area contributed by atoms with E-state index in [9.17, 15) is 0 Å². The smallest absolute Gasteiger partial charge is 0.203 e. The van der Waals surface area contributed by atoms with Crippen molar-refractivity contribution in [3.8, 4) is 28.4 Å². The third-order valence-corrected chi connectivity index (χ3v) is 4.39. The summed E-state index contributed by atoms with van der Waals surface area (Å²) in [5, 5.41) is 3.99. The van der Waals surface area contributed by atoms with Gasteiger partial charge in [0.2, 0.25) is 5.75 Å². The van der Waals surface area contributed by atoms with Crippen molar-refractivity contribution in [2.24, 2.45) is 10.9 Å². The molecule has 0 bridgehead atoms. The number of hydrogen-bond acceptors (Lipinski definition) is 5. The normalized spacial score (nSPS) is 11.3. The van der Waals surface area contributed by atoms with Gasteiger partial charge in [-0.05, 0) is 36.2 Å². The minimum atomic E-state index is 0.520. The first kappa shape index (κ1) is 18.4. The van der Waals surface area contributed by atoms with Crippen LogP contribution >= 0.6 is 0 Å². The van der Waals surface area contributed by atoms with E-state index in [4.69, 9.17) is 20.1 Å². The number of methoxy groups -OCH3 is 3. The van der Waals surface area contributed by atoms with Crippen LogP contribution in [0.5, 0.6) is 17.2 Å². The van der Waals surface area contributed by atoms with Crippen molar-refractivity contribution in [1.29, 1.82) is 0 Å². The van der Waals surface area contributed by atoms with Crippen LogP contribution in [-0.4, -0.2) is 32.0 Å². The monoisotopic (exact) mass is 365 g/mol. The second-order valence-corrected chi connectivity index (χ2v) is 6.06. The molecule has 0 amide bonds. The molecule has 140 valence electrons. The van der Waals surface area contributed by atoms with Crippen molar-refractivity contribution in [3.05, 3.63) is 65.5 Å². The van der Waals surface area contributed by atoms with Crippen molar-refractivity contribution in [2.75, 3.05) is 21.3 Å². The maximum Gasteiger partial charge on any atom is 0.203 e. The quantitative estimate of drug-likeness (QED) is 0.396. The molecule has 0 fully saturated rings. The summed E-state index contributed by atoms with van der Waals surface area (Å²) in [5.41, 5.74) is 5.53. The first-order chi connectivity index (χ1) is 13.1. The average Bonchev–Trinajstić information content (AvgIpc) is 3.18. The summed E-state index contributed by atoms with van der Waals surface area (Å²) in [7, 11) is 4.71. The van der Waals surface area contributed by atoms with E-state index in [1.165, 1.54) is 5.56 Å². The lowest BCUT2D eigenvalue weighted by Gasteiger charge is -2.14. The Kier molecular flexibility index (Phi) is 5.35. The van der Waals surface area contributed by atoms with E-state index in [2.05, 4.69) is 41.3 Å². The Balaban J connectivity index is 2.02. The van der Waals surface area contributed by atoms with Gasteiger partial charge >= 0.3 is 0 Å². The van der Waals surface area contributed by atoms with Gasteiger partial charge in [0.05, 0.1) is 27.0 Å². The third kappa shape index (κ3) is 3.60. The molecule has 3 rings (SSSR count). The van der Waals surface area contributed by atoms with Crippen molar-refractivity contribution in [2.45, 2.75) is 6.92 Å². The fourth-order valence-corrected chi connectivity index (χ4v) is 2.96. The molecule has 1 aromatic heterocycles. The maximum atomic E-state index is 5.71. The molecule has 6 heteroatoms. The van der Waals surface area contributed by atoms with E-state index >= 15 is 0 Å². The average molecular weight is 365 g/mol. The zero-order valence-electron chi connectivity index (χ0n) is 15.9. The molecular weight excluding hydrogens is 342 g/mol. The number of aromatic amines is 1. The molecule has 0 saturated carbocycles. The van der Waals surface area contributed by atoms with Crippen LogP contribution in [0.15, 0.2) is 53.8 Å². The van der Waals surface area contributed by atoms with Crippen LogP contribution in [0.25, 0.3) is 11.1 Å². The molecule has 3 N–H and O–H groups in total. The number of nitrogens with one attached hydrogen (secondary N) is 1. The van der Waals surface area contributed by atoms with Crippen molar-refractivity contribution in [1.82, 2.24) is 4.98 Å². The topological polar surface area (TPSA) is 81.9 Å². The van der Waals surface area contributed by atoms with Crippen LogP contribution in [0.1, 0.15) is 16.8 Å². The first-order valence-corrected chi connectivity index (χ1v) is 8.45. The van der Waals surface area contributed by atoms with E-state index in [0.717, 1.165) is 22.4 Å². The third-order valence-electron chi connectivity index (χ3n) is 4.39. The molecule has 0 unspecified atom stereocenters. The molecule has 0 saturated heterocycles. The van der Waals surface area contributed by atoms with E-state index < -0.39 is 0 Å². The highest BCUT2D eigenvalue weighted by Gasteiger charge is 2.18. The van der Waals surface area contributed by atoms with Crippen LogP contribution in [0.3, 0.4) is 0 Å². The van der Waals surface area contributed by atoms with Gasteiger partial charge in [0.15, 0.2) is 11.5 Å². The SMILES string of the molecule is COc1cc(C(=NN)c2cc(-c3ccc(C)cc3)c[nH]2)cc(OC)c1OC. The number of nitrogens with zero attached hydrogens (tertiary/aromatic N) is 1. The van der Waals surface area contributed by atoms with Crippen LogP contribution in [-0.2, 0) is 0 Å². The molecule has 0 aliphatic heterocycles. The van der Waals surface area contributed by atoms with Gasteiger partial charge < -0.3 is 25.0 Å². The van der Waals surface area contributed by atoms with Crippen LogP contribution in [0, 0.1) is 6.92 Å². The molecule has 2 aromatic carbocycles. The van der Waals surface area contributed by atoms with E-state index in [1.807, 2.05) is 24.4 Å². The minimum absolute atomic E-state index is 0.520. The summed E-state index contributed by atoms with van der Waals surface area (Å²) >= 11 is 0. The number of aryl methyl sites for hydroxylation is 1. The predicted molar refractivity (Wildman–Crippen MR) is 107 cm³/mol. The van der Waals surface area contributed by atoms with Crippen LogP contribution in [0.4, 0.5) is 0 Å². The Morgan fingerprint density at radius 1 is 0.889 bits per heavy atom.